The van der Waals surface area contributed by atoms with Gasteiger partial charge in [-0.25, -0.2) is 0 Å². The maximum Gasteiger partial charge on any atom is 0.304 e. The van der Waals surface area contributed by atoms with Crippen LogP contribution < -0.4 is 0 Å². The minimum absolute atomic E-state index is 0.170. The Morgan fingerprint density at radius 3 is 3.18 bits per heavy atom. The molecule has 0 amide bonds. The number of carbonyl (C=O) groups is 1. The molecule has 1 aliphatic heterocycles. The molecular formula is C12H17NO2S2. The van der Waals surface area contributed by atoms with Crippen molar-refractivity contribution < 1.29 is 9.90 Å². The molecule has 5 heteroatoms. The van der Waals surface area contributed by atoms with Gasteiger partial charge in [-0.1, -0.05) is 6.07 Å². The van der Waals surface area contributed by atoms with Gasteiger partial charge in [-0.05, 0) is 18.4 Å². The van der Waals surface area contributed by atoms with Gasteiger partial charge in [-0.2, -0.15) is 11.8 Å². The number of rotatable bonds is 4. The summed E-state index contributed by atoms with van der Waals surface area (Å²) in [7, 11) is 0. The monoisotopic (exact) mass is 271 g/mol. The van der Waals surface area contributed by atoms with E-state index in [0.717, 1.165) is 18.1 Å². The van der Waals surface area contributed by atoms with Gasteiger partial charge in [0.15, 0.2) is 0 Å². The van der Waals surface area contributed by atoms with Crippen LogP contribution in [0.2, 0.25) is 0 Å². The van der Waals surface area contributed by atoms with E-state index in [-0.39, 0.29) is 12.5 Å². The number of hydrogen-bond acceptors (Lipinski definition) is 4. The first-order valence-corrected chi connectivity index (χ1v) is 7.80. The summed E-state index contributed by atoms with van der Waals surface area (Å²) in [4.78, 5) is 14.6. The zero-order chi connectivity index (χ0) is 12.3. The van der Waals surface area contributed by atoms with E-state index < -0.39 is 5.97 Å². The van der Waals surface area contributed by atoms with Crippen LogP contribution in [0.5, 0.6) is 0 Å². The second kappa shape index (κ2) is 5.89. The standard InChI is InChI=1S/C12H17NO2S2/c1-9(11-3-2-5-17-11)13-4-6-16-8-10(13)7-12(14)15/h2-3,5,9-10H,4,6-8H2,1H3,(H,14,15). The molecule has 2 heterocycles. The quantitative estimate of drug-likeness (QED) is 0.914. The van der Waals surface area contributed by atoms with Crippen LogP contribution in [-0.2, 0) is 4.79 Å². The molecule has 2 rings (SSSR count). The molecule has 1 fully saturated rings. The zero-order valence-electron chi connectivity index (χ0n) is 9.83. The third kappa shape index (κ3) is 3.24. The maximum absolute atomic E-state index is 10.9. The highest BCUT2D eigenvalue weighted by Crippen LogP contribution is 2.31. The van der Waals surface area contributed by atoms with Crippen LogP contribution in [0.25, 0.3) is 0 Å². The lowest BCUT2D eigenvalue weighted by Gasteiger charge is -2.38. The van der Waals surface area contributed by atoms with E-state index >= 15 is 0 Å². The van der Waals surface area contributed by atoms with Crippen molar-refractivity contribution in [1.82, 2.24) is 4.90 Å². The van der Waals surface area contributed by atoms with Crippen LogP contribution in [0.1, 0.15) is 24.3 Å². The molecule has 0 spiro atoms. The van der Waals surface area contributed by atoms with Crippen molar-refractivity contribution in [3.63, 3.8) is 0 Å². The first-order valence-electron chi connectivity index (χ1n) is 5.77. The predicted octanol–water partition coefficient (Wildman–Crippen LogP) is 2.70. The van der Waals surface area contributed by atoms with E-state index in [1.807, 2.05) is 11.8 Å². The zero-order valence-corrected chi connectivity index (χ0v) is 11.5. The van der Waals surface area contributed by atoms with Crippen LogP contribution in [0.15, 0.2) is 17.5 Å². The van der Waals surface area contributed by atoms with E-state index in [0.29, 0.717) is 6.04 Å². The minimum Gasteiger partial charge on any atom is -0.481 e. The Balaban J connectivity index is 2.07. The molecule has 0 radical (unpaired) electrons. The number of carboxylic acid groups (broad SMARTS) is 1. The summed E-state index contributed by atoms with van der Waals surface area (Å²) in [5.41, 5.74) is 0. The topological polar surface area (TPSA) is 40.5 Å². The summed E-state index contributed by atoms with van der Waals surface area (Å²) in [6.45, 7) is 3.17. The van der Waals surface area contributed by atoms with Crippen LogP contribution >= 0.6 is 23.1 Å². The molecule has 1 aromatic rings. The van der Waals surface area contributed by atoms with E-state index in [1.165, 1.54) is 4.88 Å². The van der Waals surface area contributed by atoms with Crippen molar-refractivity contribution in [3.8, 4) is 0 Å². The molecule has 3 nitrogen and oxygen atoms in total. The van der Waals surface area contributed by atoms with Gasteiger partial charge in [-0.15, -0.1) is 11.3 Å². The molecule has 1 N–H and O–H groups in total. The first kappa shape index (κ1) is 12.9. The third-order valence-corrected chi connectivity index (χ3v) is 5.27. The average Bonchev–Trinajstić information content (AvgIpc) is 2.81. The normalized spacial score (nSPS) is 23.5. The van der Waals surface area contributed by atoms with Gasteiger partial charge in [0.05, 0.1) is 6.42 Å². The molecule has 94 valence electrons. The summed E-state index contributed by atoms with van der Waals surface area (Å²) in [6, 6.07) is 4.69. The molecule has 1 aromatic heterocycles. The number of thiophene rings is 1. The Bertz CT molecular complexity index is 367. The molecule has 0 aliphatic carbocycles. The fourth-order valence-corrected chi connectivity index (χ4v) is 4.14. The molecule has 2 unspecified atom stereocenters. The van der Waals surface area contributed by atoms with Crippen molar-refractivity contribution in [2.45, 2.75) is 25.4 Å². The fraction of sp³-hybridized carbons (Fsp3) is 0.583. The van der Waals surface area contributed by atoms with E-state index in [9.17, 15) is 4.79 Å². The number of thioether (sulfide) groups is 1. The van der Waals surface area contributed by atoms with Gasteiger partial charge in [0, 0.05) is 35.0 Å². The second-order valence-corrected chi connectivity index (χ2v) is 6.38. The van der Waals surface area contributed by atoms with Gasteiger partial charge in [-0.3, -0.25) is 9.69 Å². The number of hydrogen-bond donors (Lipinski definition) is 1. The Labute approximate surface area is 110 Å². The van der Waals surface area contributed by atoms with Gasteiger partial charge in [0.25, 0.3) is 0 Å². The molecule has 0 aromatic carbocycles. The Kier molecular flexibility index (Phi) is 4.48. The van der Waals surface area contributed by atoms with Crippen molar-refractivity contribution >= 4 is 29.1 Å². The molecule has 0 bridgehead atoms. The molecule has 1 aliphatic rings. The lowest BCUT2D eigenvalue weighted by molar-refractivity contribution is -0.138. The SMILES string of the molecule is CC(c1cccs1)N1CCSCC1CC(=O)O. The lowest BCUT2D eigenvalue weighted by atomic mass is 10.1. The predicted molar refractivity (Wildman–Crippen MR) is 72.8 cm³/mol. The molecule has 0 saturated carbocycles. The van der Waals surface area contributed by atoms with Gasteiger partial charge >= 0.3 is 5.97 Å². The Morgan fingerprint density at radius 2 is 2.53 bits per heavy atom. The summed E-state index contributed by atoms with van der Waals surface area (Å²) in [6.07, 6.45) is 0.253. The molecule has 2 atom stereocenters. The minimum atomic E-state index is -0.694. The van der Waals surface area contributed by atoms with Gasteiger partial charge in [0.2, 0.25) is 0 Å². The van der Waals surface area contributed by atoms with E-state index in [2.05, 4.69) is 29.3 Å². The average molecular weight is 271 g/mol. The van der Waals surface area contributed by atoms with E-state index in [4.69, 9.17) is 5.11 Å². The largest absolute Gasteiger partial charge is 0.481 e. The molecule has 17 heavy (non-hydrogen) atoms. The number of nitrogens with zero attached hydrogens (tertiary/aromatic N) is 1. The number of aliphatic carboxylic acids is 1. The fourth-order valence-electron chi connectivity index (χ4n) is 2.25. The molecular weight excluding hydrogens is 254 g/mol. The maximum atomic E-state index is 10.9. The molecule has 1 saturated heterocycles. The Morgan fingerprint density at radius 1 is 1.71 bits per heavy atom. The van der Waals surface area contributed by atoms with Crippen molar-refractivity contribution in [3.05, 3.63) is 22.4 Å². The third-order valence-electron chi connectivity index (χ3n) is 3.14. The lowest BCUT2D eigenvalue weighted by Crippen LogP contribution is -2.44. The van der Waals surface area contributed by atoms with E-state index in [1.54, 1.807) is 11.3 Å². The summed E-state index contributed by atoms with van der Waals surface area (Å²) < 4.78 is 0. The van der Waals surface area contributed by atoms with Crippen LogP contribution in [0.3, 0.4) is 0 Å². The summed E-state index contributed by atoms with van der Waals surface area (Å²) in [5.74, 6) is 1.34. The first-order chi connectivity index (χ1) is 8.18. The highest BCUT2D eigenvalue weighted by atomic mass is 32.2. The highest BCUT2D eigenvalue weighted by molar-refractivity contribution is 7.99. The van der Waals surface area contributed by atoms with Crippen molar-refractivity contribution in [2.75, 3.05) is 18.1 Å². The van der Waals surface area contributed by atoms with Gasteiger partial charge < -0.3 is 5.11 Å². The highest BCUT2D eigenvalue weighted by Gasteiger charge is 2.29. The summed E-state index contributed by atoms with van der Waals surface area (Å²) >= 11 is 3.61. The van der Waals surface area contributed by atoms with Crippen molar-refractivity contribution in [2.24, 2.45) is 0 Å². The van der Waals surface area contributed by atoms with Crippen LogP contribution in [0.4, 0.5) is 0 Å². The Hall–Kier alpha value is -0.520. The van der Waals surface area contributed by atoms with Crippen LogP contribution in [-0.4, -0.2) is 40.1 Å². The van der Waals surface area contributed by atoms with Crippen molar-refractivity contribution in [1.29, 1.82) is 0 Å². The number of carboxylic acids is 1. The van der Waals surface area contributed by atoms with Gasteiger partial charge in [0.1, 0.15) is 0 Å². The van der Waals surface area contributed by atoms with Crippen LogP contribution in [0, 0.1) is 0 Å². The smallest absolute Gasteiger partial charge is 0.304 e. The summed E-state index contributed by atoms with van der Waals surface area (Å²) in [5, 5.41) is 11.0. The second-order valence-electron chi connectivity index (χ2n) is 4.26.